The number of aromatic amines is 1. The zero-order valence-corrected chi connectivity index (χ0v) is 8.51. The van der Waals surface area contributed by atoms with Gasteiger partial charge in [0.2, 0.25) is 0 Å². The lowest BCUT2D eigenvalue weighted by Gasteiger charge is -2.04. The Bertz CT molecular complexity index is 670. The molecule has 0 spiro atoms. The van der Waals surface area contributed by atoms with Crippen molar-refractivity contribution in [1.29, 1.82) is 0 Å². The maximum absolute atomic E-state index is 12.7. The molecule has 0 atom stereocenters. The molecule has 5 nitrogen and oxygen atoms in total. The number of aromatic nitrogens is 2. The van der Waals surface area contributed by atoms with Crippen molar-refractivity contribution in [3.8, 4) is 5.69 Å². The van der Waals surface area contributed by atoms with E-state index in [1.807, 2.05) is 0 Å². The fourth-order valence-electron chi connectivity index (χ4n) is 1.40. The Labute approximate surface area is 94.2 Å². The molecular weight excluding hydrogens is 227 g/mol. The number of benzene rings is 1. The van der Waals surface area contributed by atoms with Gasteiger partial charge in [0.25, 0.3) is 5.56 Å². The van der Waals surface area contributed by atoms with Crippen LogP contribution in [0.1, 0.15) is 10.4 Å². The van der Waals surface area contributed by atoms with Gasteiger partial charge < -0.3 is 4.98 Å². The van der Waals surface area contributed by atoms with Crippen LogP contribution in [0.15, 0.2) is 40.1 Å². The largest absolute Gasteiger partial charge is 0.333 e. The summed E-state index contributed by atoms with van der Waals surface area (Å²) in [6.07, 6.45) is 1.38. The first-order valence-electron chi connectivity index (χ1n) is 4.69. The van der Waals surface area contributed by atoms with Crippen LogP contribution in [0.4, 0.5) is 4.39 Å². The van der Waals surface area contributed by atoms with E-state index >= 15 is 0 Å². The van der Waals surface area contributed by atoms with Crippen molar-refractivity contribution < 1.29 is 9.18 Å². The van der Waals surface area contributed by atoms with Gasteiger partial charge in [0.1, 0.15) is 5.82 Å². The lowest BCUT2D eigenvalue weighted by molar-refractivity contribution is 0.112. The monoisotopic (exact) mass is 234 g/mol. The smallest absolute Gasteiger partial charge is 0.313 e. The minimum absolute atomic E-state index is 0.172. The lowest BCUT2D eigenvalue weighted by atomic mass is 10.3. The average Bonchev–Trinajstić information content (AvgIpc) is 2.32. The van der Waals surface area contributed by atoms with E-state index in [2.05, 4.69) is 4.98 Å². The van der Waals surface area contributed by atoms with Crippen LogP contribution in [0.2, 0.25) is 0 Å². The summed E-state index contributed by atoms with van der Waals surface area (Å²) < 4.78 is 13.5. The zero-order chi connectivity index (χ0) is 12.4. The molecule has 0 aliphatic rings. The van der Waals surface area contributed by atoms with Crippen LogP contribution in [0.5, 0.6) is 0 Å². The Kier molecular flexibility index (Phi) is 2.70. The van der Waals surface area contributed by atoms with Crippen LogP contribution in [-0.4, -0.2) is 15.8 Å². The van der Waals surface area contributed by atoms with Crippen LogP contribution in [-0.2, 0) is 0 Å². The summed E-state index contributed by atoms with van der Waals surface area (Å²) in [5.74, 6) is -0.482. The highest BCUT2D eigenvalue weighted by Crippen LogP contribution is 2.04. The van der Waals surface area contributed by atoms with Crippen molar-refractivity contribution in [3.63, 3.8) is 0 Å². The van der Waals surface area contributed by atoms with Crippen molar-refractivity contribution in [2.75, 3.05) is 0 Å². The molecule has 1 aromatic carbocycles. The van der Waals surface area contributed by atoms with Gasteiger partial charge in [-0.05, 0) is 24.3 Å². The maximum atomic E-state index is 12.7. The maximum Gasteiger partial charge on any atom is 0.333 e. The molecule has 0 amide bonds. The van der Waals surface area contributed by atoms with Gasteiger partial charge in [-0.3, -0.25) is 9.59 Å². The Morgan fingerprint density at radius 1 is 1.18 bits per heavy atom. The van der Waals surface area contributed by atoms with Crippen LogP contribution in [0.3, 0.4) is 0 Å². The van der Waals surface area contributed by atoms with Gasteiger partial charge in [0, 0.05) is 6.20 Å². The Balaban J connectivity index is 2.75. The minimum atomic E-state index is -0.740. The number of nitrogens with one attached hydrogen (secondary N) is 1. The minimum Gasteiger partial charge on any atom is -0.313 e. The molecule has 17 heavy (non-hydrogen) atoms. The third-order valence-corrected chi connectivity index (χ3v) is 2.22. The standard InChI is InChI=1S/C11H7FN2O3/c12-8-1-3-9(4-2-8)14-10(16)7(6-15)5-13-11(14)17/h1-6H,(H,13,17). The van der Waals surface area contributed by atoms with Crippen LogP contribution in [0, 0.1) is 5.82 Å². The predicted molar refractivity (Wildman–Crippen MR) is 58.0 cm³/mol. The molecule has 0 bridgehead atoms. The molecule has 0 saturated carbocycles. The first kappa shape index (κ1) is 11.0. The van der Waals surface area contributed by atoms with Crippen LogP contribution >= 0.6 is 0 Å². The summed E-state index contributed by atoms with van der Waals surface area (Å²) in [6.45, 7) is 0. The summed E-state index contributed by atoms with van der Waals surface area (Å²) in [7, 11) is 0. The summed E-state index contributed by atoms with van der Waals surface area (Å²) >= 11 is 0. The van der Waals surface area contributed by atoms with E-state index < -0.39 is 17.1 Å². The molecule has 86 valence electrons. The quantitative estimate of drug-likeness (QED) is 0.768. The van der Waals surface area contributed by atoms with E-state index in [1.165, 1.54) is 12.1 Å². The molecule has 2 aromatic rings. The van der Waals surface area contributed by atoms with Crippen molar-refractivity contribution in [1.82, 2.24) is 9.55 Å². The van der Waals surface area contributed by atoms with Gasteiger partial charge in [0.15, 0.2) is 6.29 Å². The number of rotatable bonds is 2. The lowest BCUT2D eigenvalue weighted by Crippen LogP contribution is -2.35. The summed E-state index contributed by atoms with van der Waals surface area (Å²) in [4.78, 5) is 36.1. The van der Waals surface area contributed by atoms with E-state index in [0.717, 1.165) is 22.9 Å². The van der Waals surface area contributed by atoms with Crippen molar-refractivity contribution in [2.45, 2.75) is 0 Å². The molecule has 0 unspecified atom stereocenters. The van der Waals surface area contributed by atoms with E-state index in [9.17, 15) is 18.8 Å². The normalized spacial score (nSPS) is 10.2. The number of H-pyrrole nitrogens is 1. The third-order valence-electron chi connectivity index (χ3n) is 2.22. The topological polar surface area (TPSA) is 71.9 Å². The number of nitrogens with zero attached hydrogens (tertiary/aromatic N) is 1. The number of carbonyl (C=O) groups is 1. The molecule has 0 radical (unpaired) electrons. The average molecular weight is 234 g/mol. The first-order chi connectivity index (χ1) is 8.13. The van der Waals surface area contributed by atoms with E-state index in [1.54, 1.807) is 0 Å². The van der Waals surface area contributed by atoms with Gasteiger partial charge in [-0.15, -0.1) is 0 Å². The molecule has 0 aliphatic heterocycles. The van der Waals surface area contributed by atoms with E-state index in [0.29, 0.717) is 6.29 Å². The molecular formula is C11H7FN2O3. The second kappa shape index (κ2) is 4.17. The molecule has 0 saturated heterocycles. The Morgan fingerprint density at radius 2 is 1.82 bits per heavy atom. The van der Waals surface area contributed by atoms with Gasteiger partial charge in [0.05, 0.1) is 11.3 Å². The van der Waals surface area contributed by atoms with Gasteiger partial charge in [-0.1, -0.05) is 0 Å². The highest BCUT2D eigenvalue weighted by atomic mass is 19.1. The van der Waals surface area contributed by atoms with E-state index in [4.69, 9.17) is 0 Å². The second-order valence-corrected chi connectivity index (χ2v) is 3.28. The molecule has 1 N–H and O–H groups in total. The molecule has 1 heterocycles. The summed E-state index contributed by atoms with van der Waals surface area (Å²) in [5.41, 5.74) is -1.40. The van der Waals surface area contributed by atoms with E-state index in [-0.39, 0.29) is 11.3 Å². The Hall–Kier alpha value is -2.50. The number of halogens is 1. The number of carbonyl (C=O) groups excluding carboxylic acids is 1. The molecule has 1 aromatic heterocycles. The van der Waals surface area contributed by atoms with Crippen LogP contribution < -0.4 is 11.2 Å². The highest BCUT2D eigenvalue weighted by Gasteiger charge is 2.08. The highest BCUT2D eigenvalue weighted by molar-refractivity contribution is 5.73. The number of hydrogen-bond acceptors (Lipinski definition) is 3. The summed E-state index contributed by atoms with van der Waals surface area (Å²) in [5, 5.41) is 0. The SMILES string of the molecule is O=Cc1c[nH]c(=O)n(-c2ccc(F)cc2)c1=O. The summed E-state index contributed by atoms with van der Waals surface area (Å²) in [6, 6.07) is 4.80. The Morgan fingerprint density at radius 3 is 2.41 bits per heavy atom. The van der Waals surface area contributed by atoms with Crippen molar-refractivity contribution in [2.24, 2.45) is 0 Å². The third kappa shape index (κ3) is 1.92. The van der Waals surface area contributed by atoms with Crippen molar-refractivity contribution >= 4 is 6.29 Å². The zero-order valence-electron chi connectivity index (χ0n) is 8.51. The van der Waals surface area contributed by atoms with Gasteiger partial charge >= 0.3 is 5.69 Å². The first-order valence-corrected chi connectivity index (χ1v) is 4.69. The second-order valence-electron chi connectivity index (χ2n) is 3.28. The fraction of sp³-hybridized carbons (Fsp3) is 0. The van der Waals surface area contributed by atoms with Gasteiger partial charge in [-0.25, -0.2) is 13.8 Å². The fourth-order valence-corrected chi connectivity index (χ4v) is 1.40. The molecule has 2 rings (SSSR count). The van der Waals surface area contributed by atoms with Gasteiger partial charge in [-0.2, -0.15) is 0 Å². The number of hydrogen-bond donors (Lipinski definition) is 1. The van der Waals surface area contributed by atoms with Crippen molar-refractivity contribution in [3.05, 3.63) is 62.7 Å². The number of aldehydes is 1. The molecule has 0 fully saturated rings. The predicted octanol–water partition coefficient (Wildman–Crippen LogP) is 0.477. The van der Waals surface area contributed by atoms with Crippen LogP contribution in [0.25, 0.3) is 5.69 Å². The molecule has 0 aliphatic carbocycles. The molecule has 6 heteroatoms.